The number of hydrogen-bond acceptors (Lipinski definition) is 3. The molecule has 21 heavy (non-hydrogen) atoms. The van der Waals surface area contributed by atoms with Crippen molar-refractivity contribution in [2.24, 2.45) is 5.73 Å². The minimum absolute atomic E-state index is 0.492. The second-order valence-electron chi connectivity index (χ2n) is 6.29. The third-order valence-corrected chi connectivity index (χ3v) is 5.14. The van der Waals surface area contributed by atoms with Crippen LogP contribution in [0.3, 0.4) is 0 Å². The smallest absolute Gasteiger partial charge is 0.139 e. The average Bonchev–Trinajstić information content (AvgIpc) is 2.80. The molecule has 1 aliphatic heterocycles. The summed E-state index contributed by atoms with van der Waals surface area (Å²) >= 11 is 5.31. The van der Waals surface area contributed by atoms with Crippen molar-refractivity contribution in [3.05, 3.63) is 22.9 Å². The molecule has 114 valence electrons. The van der Waals surface area contributed by atoms with Gasteiger partial charge in [0.05, 0.1) is 5.56 Å². The van der Waals surface area contributed by atoms with Gasteiger partial charge in [-0.15, -0.1) is 0 Å². The monoisotopic (exact) mass is 303 g/mol. The van der Waals surface area contributed by atoms with Gasteiger partial charge in [-0.05, 0) is 50.2 Å². The van der Waals surface area contributed by atoms with Crippen LogP contribution in [0.4, 0.5) is 5.82 Å². The first-order valence-corrected chi connectivity index (χ1v) is 8.70. The highest BCUT2D eigenvalue weighted by Gasteiger charge is 2.26. The molecule has 4 heteroatoms. The summed E-state index contributed by atoms with van der Waals surface area (Å²) in [5.41, 5.74) is 9.62. The molecule has 0 spiro atoms. The maximum Gasteiger partial charge on any atom is 0.139 e. The molecule has 2 N–H and O–H groups in total. The van der Waals surface area contributed by atoms with E-state index in [1.807, 2.05) is 0 Å². The summed E-state index contributed by atoms with van der Waals surface area (Å²) in [6, 6.07) is 2.79. The highest BCUT2D eigenvalue weighted by molar-refractivity contribution is 7.80. The Kier molecular flexibility index (Phi) is 4.43. The lowest BCUT2D eigenvalue weighted by molar-refractivity contribution is 0.551. The molecule has 1 aromatic rings. The lowest BCUT2D eigenvalue weighted by Gasteiger charge is -2.32. The van der Waals surface area contributed by atoms with Gasteiger partial charge in [0.15, 0.2) is 0 Å². The molecule has 2 aliphatic rings. The van der Waals surface area contributed by atoms with Gasteiger partial charge in [0, 0.05) is 18.3 Å². The van der Waals surface area contributed by atoms with Gasteiger partial charge in [-0.25, -0.2) is 4.98 Å². The molecule has 3 rings (SSSR count). The molecule has 2 heterocycles. The van der Waals surface area contributed by atoms with Crippen molar-refractivity contribution in [2.75, 3.05) is 11.4 Å². The Labute approximate surface area is 132 Å². The molecule has 1 saturated heterocycles. The van der Waals surface area contributed by atoms with Gasteiger partial charge in [-0.1, -0.05) is 32.0 Å². The highest BCUT2D eigenvalue weighted by atomic mass is 32.1. The molecule has 1 fully saturated rings. The number of aromatic nitrogens is 1. The molecule has 1 aromatic heterocycles. The molecule has 1 atom stereocenters. The van der Waals surface area contributed by atoms with Crippen molar-refractivity contribution < 1.29 is 0 Å². The van der Waals surface area contributed by atoms with Crippen LogP contribution in [0.2, 0.25) is 0 Å². The van der Waals surface area contributed by atoms with Crippen LogP contribution in [0.5, 0.6) is 0 Å². The van der Waals surface area contributed by atoms with E-state index in [4.69, 9.17) is 22.9 Å². The van der Waals surface area contributed by atoms with Gasteiger partial charge >= 0.3 is 0 Å². The van der Waals surface area contributed by atoms with E-state index in [1.54, 1.807) is 0 Å². The Balaban J connectivity index is 2.04. The van der Waals surface area contributed by atoms with E-state index in [0.29, 0.717) is 11.0 Å². The maximum atomic E-state index is 6.01. The topological polar surface area (TPSA) is 42.2 Å². The standard InChI is InChI=1S/C17H25N3S/c1-2-13-8-4-3-5-10-20(13)17-14(16(18)21)11-12-7-6-9-15(12)19-17/h11,13H,2-10H2,1H3,(H2,18,21). The molecule has 0 bridgehead atoms. The Morgan fingerprint density at radius 2 is 2.19 bits per heavy atom. The SMILES string of the molecule is CCC1CCCCCN1c1nc2c(cc1C(N)=S)CCC2. The number of aryl methyl sites for hydroxylation is 2. The number of anilines is 1. The third-order valence-electron chi connectivity index (χ3n) is 4.92. The minimum Gasteiger partial charge on any atom is -0.389 e. The summed E-state index contributed by atoms with van der Waals surface area (Å²) < 4.78 is 0. The maximum absolute atomic E-state index is 6.01. The molecule has 0 radical (unpaired) electrons. The van der Waals surface area contributed by atoms with Crippen LogP contribution in [0.25, 0.3) is 0 Å². The Morgan fingerprint density at radius 3 is 2.95 bits per heavy atom. The van der Waals surface area contributed by atoms with Crippen LogP contribution in [-0.4, -0.2) is 22.6 Å². The van der Waals surface area contributed by atoms with E-state index in [1.165, 1.54) is 43.4 Å². The van der Waals surface area contributed by atoms with E-state index < -0.39 is 0 Å². The van der Waals surface area contributed by atoms with Crippen LogP contribution >= 0.6 is 12.2 Å². The zero-order valence-electron chi connectivity index (χ0n) is 12.9. The molecular weight excluding hydrogens is 278 g/mol. The quantitative estimate of drug-likeness (QED) is 0.869. The van der Waals surface area contributed by atoms with Crippen molar-refractivity contribution in [3.63, 3.8) is 0 Å². The molecular formula is C17H25N3S. The van der Waals surface area contributed by atoms with Gasteiger partial charge < -0.3 is 10.6 Å². The largest absolute Gasteiger partial charge is 0.389 e. The molecule has 1 aliphatic carbocycles. The Morgan fingerprint density at radius 1 is 1.33 bits per heavy atom. The molecule has 1 unspecified atom stereocenters. The summed E-state index contributed by atoms with van der Waals surface area (Å²) in [4.78, 5) is 7.97. The number of nitrogens with two attached hydrogens (primary N) is 1. The first-order valence-electron chi connectivity index (χ1n) is 8.30. The first-order chi connectivity index (χ1) is 10.2. The van der Waals surface area contributed by atoms with Crippen molar-refractivity contribution in [1.82, 2.24) is 4.98 Å². The lowest BCUT2D eigenvalue weighted by Crippen LogP contribution is -2.37. The van der Waals surface area contributed by atoms with Crippen LogP contribution in [0.15, 0.2) is 6.07 Å². The van der Waals surface area contributed by atoms with Crippen molar-refractivity contribution in [1.29, 1.82) is 0 Å². The summed E-state index contributed by atoms with van der Waals surface area (Å²) in [5.74, 6) is 1.05. The van der Waals surface area contributed by atoms with Gasteiger partial charge in [0.1, 0.15) is 10.8 Å². The van der Waals surface area contributed by atoms with Crippen LogP contribution < -0.4 is 10.6 Å². The lowest BCUT2D eigenvalue weighted by atomic mass is 10.1. The summed E-state index contributed by atoms with van der Waals surface area (Å²) in [6.07, 6.45) is 9.73. The summed E-state index contributed by atoms with van der Waals surface area (Å²) in [6.45, 7) is 3.36. The van der Waals surface area contributed by atoms with Gasteiger partial charge in [-0.2, -0.15) is 0 Å². The third kappa shape index (κ3) is 2.91. The van der Waals surface area contributed by atoms with Crippen LogP contribution in [-0.2, 0) is 12.8 Å². The number of hydrogen-bond donors (Lipinski definition) is 1. The molecule has 3 nitrogen and oxygen atoms in total. The van der Waals surface area contributed by atoms with Gasteiger partial charge in [-0.3, -0.25) is 0 Å². The van der Waals surface area contributed by atoms with E-state index >= 15 is 0 Å². The number of rotatable bonds is 3. The van der Waals surface area contributed by atoms with Crippen molar-refractivity contribution in [2.45, 2.75) is 64.3 Å². The highest BCUT2D eigenvalue weighted by Crippen LogP contribution is 2.31. The average molecular weight is 303 g/mol. The fourth-order valence-electron chi connectivity index (χ4n) is 3.74. The molecule has 0 amide bonds. The van der Waals surface area contributed by atoms with Gasteiger partial charge in [0.25, 0.3) is 0 Å². The van der Waals surface area contributed by atoms with Crippen molar-refractivity contribution >= 4 is 23.0 Å². The van der Waals surface area contributed by atoms with Crippen LogP contribution in [0.1, 0.15) is 62.3 Å². The predicted molar refractivity (Wildman–Crippen MR) is 92.0 cm³/mol. The van der Waals surface area contributed by atoms with Crippen molar-refractivity contribution in [3.8, 4) is 0 Å². The number of nitrogens with zero attached hydrogens (tertiary/aromatic N) is 2. The normalized spacial score (nSPS) is 22.0. The Bertz CT molecular complexity index is 541. The minimum atomic E-state index is 0.492. The molecule has 0 saturated carbocycles. The number of thiocarbonyl (C=S) groups is 1. The number of fused-ring (bicyclic) bond motifs is 1. The summed E-state index contributed by atoms with van der Waals surface area (Å²) in [5, 5.41) is 0. The van der Waals surface area contributed by atoms with E-state index in [-0.39, 0.29) is 0 Å². The van der Waals surface area contributed by atoms with Crippen LogP contribution in [0, 0.1) is 0 Å². The Hall–Kier alpha value is -1.16. The zero-order chi connectivity index (χ0) is 14.8. The fourth-order valence-corrected chi connectivity index (χ4v) is 3.89. The second-order valence-corrected chi connectivity index (χ2v) is 6.73. The van der Waals surface area contributed by atoms with E-state index in [2.05, 4.69) is 17.9 Å². The second kappa shape index (κ2) is 6.30. The summed E-state index contributed by atoms with van der Waals surface area (Å²) in [7, 11) is 0. The van der Waals surface area contributed by atoms with E-state index in [0.717, 1.165) is 37.2 Å². The number of pyridine rings is 1. The fraction of sp³-hybridized carbons (Fsp3) is 0.647. The predicted octanol–water partition coefficient (Wildman–Crippen LogP) is 3.36. The van der Waals surface area contributed by atoms with Gasteiger partial charge in [0.2, 0.25) is 0 Å². The zero-order valence-corrected chi connectivity index (χ0v) is 13.7. The molecule has 0 aromatic carbocycles. The van der Waals surface area contributed by atoms with E-state index in [9.17, 15) is 0 Å². The first kappa shape index (κ1) is 14.8.